The average Bonchev–Trinajstić information content (AvgIpc) is 3.48. The highest BCUT2D eigenvalue weighted by molar-refractivity contribution is 8.00. The average molecular weight is 615 g/mol. The van der Waals surface area contributed by atoms with Gasteiger partial charge in [-0.1, -0.05) is 65.3 Å². The molecule has 0 saturated carbocycles. The van der Waals surface area contributed by atoms with Crippen LogP contribution in [0.5, 0.6) is 0 Å². The van der Waals surface area contributed by atoms with Gasteiger partial charge in [0.05, 0.1) is 28.5 Å². The van der Waals surface area contributed by atoms with Crippen LogP contribution in [0.2, 0.25) is 10.0 Å². The molecule has 3 unspecified atom stereocenters. The summed E-state index contributed by atoms with van der Waals surface area (Å²) >= 11 is 13.3. The molecule has 6 atom stereocenters. The van der Waals surface area contributed by atoms with Gasteiger partial charge in [0.2, 0.25) is 5.95 Å². The predicted octanol–water partition coefficient (Wildman–Crippen LogP) is 5.92. The number of ether oxygens (including phenoxy) is 4. The fraction of sp³-hybridized carbons (Fsp3) is 0.296. The lowest BCUT2D eigenvalue weighted by Crippen LogP contribution is -2.59. The van der Waals surface area contributed by atoms with Crippen LogP contribution in [0.25, 0.3) is 16.2 Å². The van der Waals surface area contributed by atoms with E-state index in [0.717, 1.165) is 5.56 Å². The molecule has 2 aliphatic rings. The van der Waals surface area contributed by atoms with Crippen molar-refractivity contribution in [2.24, 2.45) is 0 Å². The van der Waals surface area contributed by atoms with Crippen LogP contribution < -0.4 is 0 Å². The molecule has 2 aliphatic heterocycles. The summed E-state index contributed by atoms with van der Waals surface area (Å²) in [7, 11) is 1.56. The normalized spacial score (nSPS) is 25.8. The van der Waals surface area contributed by atoms with E-state index in [-0.39, 0.29) is 23.1 Å². The second kappa shape index (κ2) is 12.0. The first-order valence-corrected chi connectivity index (χ1v) is 14.0. The summed E-state index contributed by atoms with van der Waals surface area (Å²) in [6.07, 6.45) is 0.691. The lowest BCUT2D eigenvalue weighted by Gasteiger charge is -2.48. The standard InChI is InChI=1S/C27H21Cl2FN6O4S/c1-31-25-20(10-15(28)11-32-25)41-27-23(37-2)21(36-12-18(34-35-36)17-9-8-16(29)24(30)33-17)22-19(39-27)13-38-26(40-22)14-6-4-3-5-7-14/h3-12,19,21-23,26-27H,13H2,2H3/t19?,21-,22-,23?,26?,27+/m0/s1. The number of pyridine rings is 2. The van der Waals surface area contributed by atoms with Crippen molar-refractivity contribution in [2.45, 2.75) is 41.0 Å². The SMILES string of the molecule is [C-]#[N+]c1ncc(Cl)cc1S[C@H]1OC2COC(c3ccccc3)O[C@@H]2[C@H](n2cc(-c3ccc(Cl)c(F)n3)nn2)C1OC. The highest BCUT2D eigenvalue weighted by Gasteiger charge is 2.52. The van der Waals surface area contributed by atoms with Crippen molar-refractivity contribution in [2.75, 3.05) is 13.7 Å². The Morgan fingerprint density at radius 2 is 1.98 bits per heavy atom. The van der Waals surface area contributed by atoms with Crippen molar-refractivity contribution in [3.63, 3.8) is 0 Å². The van der Waals surface area contributed by atoms with Crippen LogP contribution in [0.3, 0.4) is 0 Å². The topological polar surface area (TPSA) is 97.8 Å². The van der Waals surface area contributed by atoms with Gasteiger partial charge in [0.1, 0.15) is 41.7 Å². The Kier molecular flexibility index (Phi) is 8.19. The second-order valence-corrected chi connectivity index (χ2v) is 11.2. The van der Waals surface area contributed by atoms with Crippen molar-refractivity contribution in [1.82, 2.24) is 25.0 Å². The summed E-state index contributed by atoms with van der Waals surface area (Å²) < 4.78 is 40.8. The van der Waals surface area contributed by atoms with E-state index in [4.69, 9.17) is 48.7 Å². The Hall–Kier alpha value is -3.15. The van der Waals surface area contributed by atoms with Crippen LogP contribution in [-0.4, -0.2) is 62.4 Å². The number of aromatic nitrogens is 5. The highest BCUT2D eigenvalue weighted by atomic mass is 35.5. The number of halogens is 3. The third-order valence-corrected chi connectivity index (χ3v) is 8.34. The number of methoxy groups -OCH3 is 1. The molecular weight excluding hydrogens is 594 g/mol. The van der Waals surface area contributed by atoms with Gasteiger partial charge in [-0.05, 0) is 18.2 Å². The molecule has 3 aromatic heterocycles. The Labute approximate surface area is 248 Å². The Bertz CT molecular complexity index is 1590. The molecule has 210 valence electrons. The molecular formula is C27H21Cl2FN6O4S. The molecule has 1 aromatic carbocycles. The lowest BCUT2D eigenvalue weighted by molar-refractivity contribution is -0.308. The summed E-state index contributed by atoms with van der Waals surface area (Å²) in [6.45, 7) is 7.76. The summed E-state index contributed by atoms with van der Waals surface area (Å²) in [4.78, 5) is 12.1. The number of hydrogen-bond donors (Lipinski definition) is 0. The van der Waals surface area contributed by atoms with Gasteiger partial charge in [-0.2, -0.15) is 4.39 Å². The summed E-state index contributed by atoms with van der Waals surface area (Å²) in [5.74, 6) is -0.615. The summed E-state index contributed by atoms with van der Waals surface area (Å²) in [5.41, 5.74) is 0.820. The zero-order chi connectivity index (χ0) is 28.5. The molecule has 5 heterocycles. The molecule has 0 bridgehead atoms. The quantitative estimate of drug-likeness (QED) is 0.194. The molecule has 2 saturated heterocycles. The number of rotatable bonds is 6. The van der Waals surface area contributed by atoms with Crippen molar-refractivity contribution < 1.29 is 23.3 Å². The fourth-order valence-electron chi connectivity index (χ4n) is 4.80. The molecule has 0 spiro atoms. The molecule has 10 nitrogen and oxygen atoms in total. The van der Waals surface area contributed by atoms with Gasteiger partial charge < -0.3 is 23.8 Å². The molecule has 14 heteroatoms. The van der Waals surface area contributed by atoms with Gasteiger partial charge in [0.25, 0.3) is 5.82 Å². The summed E-state index contributed by atoms with van der Waals surface area (Å²) in [6, 6.07) is 13.6. The first kappa shape index (κ1) is 28.0. The van der Waals surface area contributed by atoms with E-state index in [2.05, 4.69) is 25.1 Å². The minimum Gasteiger partial charge on any atom is -0.375 e. The van der Waals surface area contributed by atoms with E-state index in [0.29, 0.717) is 15.6 Å². The Morgan fingerprint density at radius 3 is 2.73 bits per heavy atom. The maximum atomic E-state index is 14.1. The van der Waals surface area contributed by atoms with Crippen molar-refractivity contribution in [1.29, 1.82) is 0 Å². The van der Waals surface area contributed by atoms with Crippen molar-refractivity contribution >= 4 is 40.8 Å². The molecule has 0 radical (unpaired) electrons. The highest BCUT2D eigenvalue weighted by Crippen LogP contribution is 2.46. The molecule has 0 N–H and O–H groups in total. The van der Waals surface area contributed by atoms with Crippen LogP contribution in [0.1, 0.15) is 17.9 Å². The van der Waals surface area contributed by atoms with Gasteiger partial charge in [-0.15, -0.1) is 21.8 Å². The largest absolute Gasteiger partial charge is 0.375 e. The van der Waals surface area contributed by atoms with E-state index in [9.17, 15) is 4.39 Å². The number of thioether (sulfide) groups is 1. The van der Waals surface area contributed by atoms with E-state index < -0.39 is 42.0 Å². The number of fused-ring (bicyclic) bond motifs is 1. The monoisotopic (exact) mass is 614 g/mol. The van der Waals surface area contributed by atoms with Crippen LogP contribution >= 0.6 is 35.0 Å². The third-order valence-electron chi connectivity index (χ3n) is 6.68. The molecule has 0 aliphatic carbocycles. The molecule has 0 amide bonds. The summed E-state index contributed by atoms with van der Waals surface area (Å²) in [5, 5.41) is 8.91. The first-order chi connectivity index (χ1) is 19.9. The molecule has 41 heavy (non-hydrogen) atoms. The number of nitrogens with zero attached hydrogens (tertiary/aromatic N) is 6. The van der Waals surface area contributed by atoms with Gasteiger partial charge in [0.15, 0.2) is 6.29 Å². The van der Waals surface area contributed by atoms with E-state index >= 15 is 0 Å². The minimum atomic E-state index is -0.805. The van der Waals surface area contributed by atoms with Crippen LogP contribution in [0.4, 0.5) is 10.2 Å². The molecule has 6 rings (SSSR count). The van der Waals surface area contributed by atoms with Crippen LogP contribution in [-0.2, 0) is 18.9 Å². The molecule has 4 aromatic rings. The zero-order valence-electron chi connectivity index (χ0n) is 21.3. The van der Waals surface area contributed by atoms with E-state index in [1.54, 1.807) is 30.1 Å². The van der Waals surface area contributed by atoms with Gasteiger partial charge in [-0.25, -0.2) is 9.67 Å². The van der Waals surface area contributed by atoms with Crippen LogP contribution in [0.15, 0.2) is 65.8 Å². The maximum Gasteiger partial charge on any atom is 0.283 e. The molecule has 2 fully saturated rings. The number of benzene rings is 1. The number of hydrogen-bond acceptors (Lipinski definition) is 9. The van der Waals surface area contributed by atoms with Crippen molar-refractivity contribution in [3.05, 3.63) is 93.9 Å². The first-order valence-electron chi connectivity index (χ1n) is 12.4. The van der Waals surface area contributed by atoms with Gasteiger partial charge >= 0.3 is 0 Å². The maximum absolute atomic E-state index is 14.1. The van der Waals surface area contributed by atoms with Crippen LogP contribution in [0, 0.1) is 12.5 Å². The third kappa shape index (κ3) is 5.67. The second-order valence-electron chi connectivity index (χ2n) is 9.17. The van der Waals surface area contributed by atoms with Crippen molar-refractivity contribution in [3.8, 4) is 11.4 Å². The lowest BCUT2D eigenvalue weighted by atomic mass is 9.95. The van der Waals surface area contributed by atoms with E-state index in [1.807, 2.05) is 30.3 Å². The van der Waals surface area contributed by atoms with E-state index in [1.165, 1.54) is 24.0 Å². The zero-order valence-corrected chi connectivity index (χ0v) is 23.6. The Morgan fingerprint density at radius 1 is 1.15 bits per heavy atom. The van der Waals surface area contributed by atoms with Gasteiger partial charge in [0, 0.05) is 17.6 Å². The smallest absolute Gasteiger partial charge is 0.283 e. The Balaban J connectivity index is 1.38. The predicted molar refractivity (Wildman–Crippen MR) is 148 cm³/mol. The van der Waals surface area contributed by atoms with Gasteiger partial charge in [-0.3, -0.25) is 0 Å². The fourth-order valence-corrected chi connectivity index (χ4v) is 6.38. The minimum absolute atomic E-state index is 0.0930.